The summed E-state index contributed by atoms with van der Waals surface area (Å²) >= 11 is 1.38. The van der Waals surface area contributed by atoms with E-state index in [0.717, 1.165) is 21.9 Å². The van der Waals surface area contributed by atoms with Gasteiger partial charge in [-0.15, -0.1) is 0 Å². The first kappa shape index (κ1) is 13.5. The average molecular weight is 303 g/mol. The molecule has 21 heavy (non-hydrogen) atoms. The summed E-state index contributed by atoms with van der Waals surface area (Å²) in [6.45, 7) is 0. The lowest BCUT2D eigenvalue weighted by Crippen LogP contribution is -1.95. The molecule has 3 aromatic rings. The molecule has 0 bridgehead atoms. The van der Waals surface area contributed by atoms with Crippen molar-refractivity contribution in [3.05, 3.63) is 30.9 Å². The van der Waals surface area contributed by atoms with Crippen molar-refractivity contribution in [2.24, 2.45) is 0 Å². The molecule has 0 amide bonds. The van der Waals surface area contributed by atoms with Gasteiger partial charge in [-0.05, 0) is 30.1 Å². The number of ether oxygens (including phenoxy) is 2. The summed E-state index contributed by atoms with van der Waals surface area (Å²) in [5.74, 6) is 2.17. The van der Waals surface area contributed by atoms with Crippen molar-refractivity contribution in [1.82, 2.24) is 19.9 Å². The first-order chi connectivity index (χ1) is 10.3. The quantitative estimate of drug-likeness (QED) is 0.700. The molecular weight excluding hydrogens is 290 g/mol. The van der Waals surface area contributed by atoms with E-state index >= 15 is 0 Å². The van der Waals surface area contributed by atoms with Crippen LogP contribution in [0.1, 0.15) is 0 Å². The molecule has 7 nitrogen and oxygen atoms in total. The van der Waals surface area contributed by atoms with Gasteiger partial charge in [-0.2, -0.15) is 0 Å². The van der Waals surface area contributed by atoms with E-state index in [9.17, 15) is 0 Å². The van der Waals surface area contributed by atoms with E-state index in [4.69, 9.17) is 9.47 Å². The van der Waals surface area contributed by atoms with Gasteiger partial charge in [-0.1, -0.05) is 0 Å². The number of hydrogen-bond acceptors (Lipinski definition) is 7. The maximum absolute atomic E-state index is 5.34. The van der Waals surface area contributed by atoms with Gasteiger partial charge in [0.05, 0.1) is 25.4 Å². The number of fused-ring (bicyclic) bond motifs is 1. The molecule has 0 atom stereocenters. The maximum atomic E-state index is 5.34. The third kappa shape index (κ3) is 2.70. The monoisotopic (exact) mass is 303 g/mol. The highest BCUT2D eigenvalue weighted by Crippen LogP contribution is 2.33. The Kier molecular flexibility index (Phi) is 3.78. The van der Waals surface area contributed by atoms with Gasteiger partial charge in [-0.25, -0.2) is 15.0 Å². The minimum absolute atomic E-state index is 0.616. The number of anilines is 1. The number of aromatic amines is 1. The van der Waals surface area contributed by atoms with Crippen LogP contribution >= 0.6 is 11.9 Å². The number of H-pyrrole nitrogens is 1. The Balaban J connectivity index is 1.86. The fourth-order valence-electron chi connectivity index (χ4n) is 1.81. The van der Waals surface area contributed by atoms with Crippen LogP contribution in [-0.2, 0) is 0 Å². The number of imidazole rings is 1. The molecule has 0 spiro atoms. The lowest BCUT2D eigenvalue weighted by molar-refractivity contribution is 0.394. The van der Waals surface area contributed by atoms with Crippen molar-refractivity contribution < 1.29 is 9.47 Å². The number of aromatic nitrogens is 4. The SMILES string of the molecule is COc1ccc(OC)c(SNc2ncnc3nc[nH]c23)c1. The first-order valence-corrected chi connectivity index (χ1v) is 6.92. The number of benzene rings is 1. The average Bonchev–Trinajstić information content (AvgIpc) is 3.01. The van der Waals surface area contributed by atoms with E-state index in [-0.39, 0.29) is 0 Å². The van der Waals surface area contributed by atoms with Gasteiger partial charge in [-0.3, -0.25) is 0 Å². The molecule has 2 heterocycles. The predicted octanol–water partition coefficient (Wildman–Crippen LogP) is 2.49. The molecular formula is C13H13N5O2S. The Morgan fingerprint density at radius 3 is 2.86 bits per heavy atom. The summed E-state index contributed by atoms with van der Waals surface area (Å²) in [6, 6.07) is 5.59. The summed E-state index contributed by atoms with van der Waals surface area (Å²) in [5, 5.41) is 0. The molecule has 1 aromatic carbocycles. The van der Waals surface area contributed by atoms with Crippen LogP contribution in [0.25, 0.3) is 11.2 Å². The van der Waals surface area contributed by atoms with Gasteiger partial charge in [0.2, 0.25) is 0 Å². The minimum atomic E-state index is 0.616. The van der Waals surface area contributed by atoms with Gasteiger partial charge in [0.15, 0.2) is 11.5 Å². The van der Waals surface area contributed by atoms with Gasteiger partial charge in [0, 0.05) is 0 Å². The molecule has 2 N–H and O–H groups in total. The summed E-state index contributed by atoms with van der Waals surface area (Å²) < 4.78 is 13.7. The summed E-state index contributed by atoms with van der Waals surface area (Å²) in [4.78, 5) is 16.3. The van der Waals surface area contributed by atoms with Crippen LogP contribution in [0.4, 0.5) is 5.82 Å². The van der Waals surface area contributed by atoms with Crippen LogP contribution in [-0.4, -0.2) is 34.2 Å². The van der Waals surface area contributed by atoms with E-state index in [2.05, 4.69) is 24.7 Å². The highest BCUT2D eigenvalue weighted by atomic mass is 32.2. The number of methoxy groups -OCH3 is 2. The zero-order valence-corrected chi connectivity index (χ0v) is 12.3. The number of nitrogens with one attached hydrogen (secondary N) is 2. The molecule has 0 saturated heterocycles. The normalized spacial score (nSPS) is 10.6. The van der Waals surface area contributed by atoms with Gasteiger partial charge >= 0.3 is 0 Å². The Bertz CT molecular complexity index is 761. The molecule has 0 fully saturated rings. The molecule has 0 aliphatic heterocycles. The highest BCUT2D eigenvalue weighted by molar-refractivity contribution is 8.00. The second-order valence-corrected chi connectivity index (χ2v) is 4.89. The second kappa shape index (κ2) is 5.88. The van der Waals surface area contributed by atoms with Crippen molar-refractivity contribution in [3.63, 3.8) is 0 Å². The van der Waals surface area contributed by atoms with E-state index in [1.807, 2.05) is 18.2 Å². The van der Waals surface area contributed by atoms with Crippen molar-refractivity contribution in [3.8, 4) is 11.5 Å². The van der Waals surface area contributed by atoms with Gasteiger partial charge < -0.3 is 19.2 Å². The predicted molar refractivity (Wildman–Crippen MR) is 80.7 cm³/mol. The van der Waals surface area contributed by atoms with Crippen LogP contribution < -0.4 is 14.2 Å². The molecule has 0 saturated carbocycles. The first-order valence-electron chi connectivity index (χ1n) is 6.11. The minimum Gasteiger partial charge on any atom is -0.497 e. The summed E-state index contributed by atoms with van der Waals surface area (Å²) in [7, 11) is 3.26. The molecule has 8 heteroatoms. The van der Waals surface area contributed by atoms with Crippen LogP contribution in [0, 0.1) is 0 Å². The molecule has 0 radical (unpaired) electrons. The Morgan fingerprint density at radius 2 is 2.05 bits per heavy atom. The van der Waals surface area contributed by atoms with Gasteiger partial charge in [0.1, 0.15) is 23.3 Å². The summed E-state index contributed by atoms with van der Waals surface area (Å²) in [6.07, 6.45) is 3.05. The molecule has 0 aliphatic carbocycles. The third-order valence-electron chi connectivity index (χ3n) is 2.85. The lowest BCUT2D eigenvalue weighted by atomic mass is 10.3. The van der Waals surface area contributed by atoms with E-state index < -0.39 is 0 Å². The van der Waals surface area contributed by atoms with Crippen molar-refractivity contribution in [2.75, 3.05) is 18.9 Å². The molecule has 0 unspecified atom stereocenters. The topological polar surface area (TPSA) is 84.9 Å². The van der Waals surface area contributed by atoms with Crippen molar-refractivity contribution in [1.29, 1.82) is 0 Å². The fraction of sp³-hybridized carbons (Fsp3) is 0.154. The third-order valence-corrected chi connectivity index (χ3v) is 3.69. The largest absolute Gasteiger partial charge is 0.497 e. The van der Waals surface area contributed by atoms with Crippen LogP contribution in [0.3, 0.4) is 0 Å². The van der Waals surface area contributed by atoms with Crippen LogP contribution in [0.5, 0.6) is 11.5 Å². The lowest BCUT2D eigenvalue weighted by Gasteiger charge is -2.10. The van der Waals surface area contributed by atoms with Crippen LogP contribution in [0.15, 0.2) is 35.7 Å². The number of rotatable bonds is 5. The van der Waals surface area contributed by atoms with Crippen LogP contribution in [0.2, 0.25) is 0 Å². The molecule has 108 valence electrons. The highest BCUT2D eigenvalue weighted by Gasteiger charge is 2.09. The zero-order chi connectivity index (χ0) is 14.7. The van der Waals surface area contributed by atoms with E-state index in [1.54, 1.807) is 20.5 Å². The maximum Gasteiger partial charge on any atom is 0.182 e. The molecule has 3 rings (SSSR count). The smallest absolute Gasteiger partial charge is 0.182 e. The zero-order valence-electron chi connectivity index (χ0n) is 11.5. The van der Waals surface area contributed by atoms with E-state index in [1.165, 1.54) is 18.3 Å². The van der Waals surface area contributed by atoms with Crippen molar-refractivity contribution in [2.45, 2.75) is 4.90 Å². The summed E-state index contributed by atoms with van der Waals surface area (Å²) in [5.41, 5.74) is 1.37. The Hall–Kier alpha value is -2.48. The molecule has 2 aromatic heterocycles. The van der Waals surface area contributed by atoms with Gasteiger partial charge in [0.25, 0.3) is 0 Å². The fourth-order valence-corrected chi connectivity index (χ4v) is 2.60. The Morgan fingerprint density at radius 1 is 1.14 bits per heavy atom. The number of nitrogens with zero attached hydrogens (tertiary/aromatic N) is 3. The second-order valence-electron chi connectivity index (χ2n) is 4.04. The van der Waals surface area contributed by atoms with Crippen molar-refractivity contribution >= 4 is 28.9 Å². The number of hydrogen-bond donors (Lipinski definition) is 2. The van der Waals surface area contributed by atoms with E-state index in [0.29, 0.717) is 11.5 Å². The standard InChI is InChI=1S/C13H13N5O2S/c1-19-8-3-4-9(20-2)10(5-8)21-18-13-11-12(15-6-14-11)16-7-17-13/h3-7H,1-2H3,(H2,14,15,16,17,18). The molecule has 0 aliphatic rings. The Labute approximate surface area is 125 Å².